The highest BCUT2D eigenvalue weighted by molar-refractivity contribution is 7.99. The fourth-order valence-electron chi connectivity index (χ4n) is 1.37. The van der Waals surface area contributed by atoms with Gasteiger partial charge in [-0.05, 0) is 0 Å². The van der Waals surface area contributed by atoms with E-state index in [0.717, 1.165) is 18.8 Å². The lowest BCUT2D eigenvalue weighted by Gasteiger charge is -2.30. The van der Waals surface area contributed by atoms with E-state index in [-0.39, 0.29) is 0 Å². The first-order valence-electron chi connectivity index (χ1n) is 4.34. The van der Waals surface area contributed by atoms with Gasteiger partial charge in [-0.15, -0.1) is 0 Å². The van der Waals surface area contributed by atoms with Crippen molar-refractivity contribution in [1.82, 2.24) is 4.90 Å². The lowest BCUT2D eigenvalue weighted by Crippen LogP contribution is -2.38. The molecule has 3 nitrogen and oxygen atoms in total. The molecule has 0 aromatic rings. The number of hydrogen-bond donors (Lipinski definition) is 1. The SMILES string of the molecule is C=C(CN1CCSC(C)C1)C(=O)O. The Bertz CT molecular complexity index is 218. The van der Waals surface area contributed by atoms with Crippen molar-refractivity contribution >= 4 is 17.7 Å². The molecule has 0 aromatic heterocycles. The molecule has 0 amide bonds. The molecule has 0 aliphatic carbocycles. The van der Waals surface area contributed by atoms with Crippen molar-refractivity contribution in [1.29, 1.82) is 0 Å². The van der Waals surface area contributed by atoms with Gasteiger partial charge in [0.1, 0.15) is 0 Å². The average Bonchev–Trinajstić information content (AvgIpc) is 2.04. The fraction of sp³-hybridized carbons (Fsp3) is 0.667. The lowest BCUT2D eigenvalue weighted by atomic mass is 10.2. The summed E-state index contributed by atoms with van der Waals surface area (Å²) in [5.41, 5.74) is 0.291. The monoisotopic (exact) mass is 201 g/mol. The number of thioether (sulfide) groups is 1. The largest absolute Gasteiger partial charge is 0.478 e. The smallest absolute Gasteiger partial charge is 0.332 e. The van der Waals surface area contributed by atoms with Gasteiger partial charge < -0.3 is 5.11 Å². The Morgan fingerprint density at radius 3 is 3.00 bits per heavy atom. The van der Waals surface area contributed by atoms with Gasteiger partial charge in [-0.2, -0.15) is 11.8 Å². The van der Waals surface area contributed by atoms with Crippen molar-refractivity contribution in [3.05, 3.63) is 12.2 Å². The van der Waals surface area contributed by atoms with Crippen molar-refractivity contribution in [2.45, 2.75) is 12.2 Å². The number of carboxylic acid groups (broad SMARTS) is 1. The van der Waals surface area contributed by atoms with E-state index in [1.165, 1.54) is 0 Å². The number of rotatable bonds is 3. The Hall–Kier alpha value is -0.480. The maximum absolute atomic E-state index is 10.5. The molecule has 0 radical (unpaired) electrons. The Labute approximate surface area is 82.8 Å². The van der Waals surface area contributed by atoms with Crippen LogP contribution in [-0.4, -0.2) is 46.6 Å². The van der Waals surface area contributed by atoms with E-state index in [1.54, 1.807) is 0 Å². The Balaban J connectivity index is 2.36. The van der Waals surface area contributed by atoms with Gasteiger partial charge in [0.05, 0.1) is 0 Å². The second-order valence-electron chi connectivity index (χ2n) is 3.33. The van der Waals surface area contributed by atoms with Crippen LogP contribution in [0.25, 0.3) is 0 Å². The summed E-state index contributed by atoms with van der Waals surface area (Å²) in [7, 11) is 0. The molecule has 1 aliphatic heterocycles. The Morgan fingerprint density at radius 2 is 2.46 bits per heavy atom. The zero-order chi connectivity index (χ0) is 9.84. The summed E-state index contributed by atoms with van der Waals surface area (Å²) >= 11 is 1.94. The van der Waals surface area contributed by atoms with Gasteiger partial charge in [0.2, 0.25) is 0 Å². The molecule has 1 N–H and O–H groups in total. The van der Waals surface area contributed by atoms with Crippen LogP contribution >= 0.6 is 11.8 Å². The second kappa shape index (κ2) is 4.67. The zero-order valence-corrected chi connectivity index (χ0v) is 8.64. The van der Waals surface area contributed by atoms with Crippen molar-refractivity contribution < 1.29 is 9.90 Å². The number of aliphatic carboxylic acids is 1. The molecule has 1 unspecified atom stereocenters. The van der Waals surface area contributed by atoms with Crippen molar-refractivity contribution in [2.24, 2.45) is 0 Å². The van der Waals surface area contributed by atoms with Crippen LogP contribution in [0.4, 0.5) is 0 Å². The molecule has 74 valence electrons. The lowest BCUT2D eigenvalue weighted by molar-refractivity contribution is -0.132. The van der Waals surface area contributed by atoms with E-state index in [9.17, 15) is 4.79 Å². The van der Waals surface area contributed by atoms with Crippen LogP contribution < -0.4 is 0 Å². The molecule has 0 aromatic carbocycles. The third-order valence-electron chi connectivity index (χ3n) is 2.04. The van der Waals surface area contributed by atoms with Crippen LogP contribution in [0.15, 0.2) is 12.2 Å². The van der Waals surface area contributed by atoms with E-state index in [2.05, 4.69) is 18.4 Å². The van der Waals surface area contributed by atoms with Gasteiger partial charge in [-0.25, -0.2) is 4.79 Å². The van der Waals surface area contributed by atoms with Crippen LogP contribution in [0, 0.1) is 0 Å². The highest BCUT2D eigenvalue weighted by atomic mass is 32.2. The van der Waals surface area contributed by atoms with Gasteiger partial charge in [0.25, 0.3) is 0 Å². The van der Waals surface area contributed by atoms with Crippen molar-refractivity contribution in [3.8, 4) is 0 Å². The van der Waals surface area contributed by atoms with E-state index >= 15 is 0 Å². The third-order valence-corrected chi connectivity index (χ3v) is 3.18. The highest BCUT2D eigenvalue weighted by Gasteiger charge is 2.18. The summed E-state index contributed by atoms with van der Waals surface area (Å²) in [6.07, 6.45) is 0. The average molecular weight is 201 g/mol. The standard InChI is InChI=1S/C9H15NO2S/c1-7(9(11)12)5-10-3-4-13-8(2)6-10/h8H,1,3-6H2,2H3,(H,11,12). The van der Waals surface area contributed by atoms with Gasteiger partial charge in [0, 0.05) is 36.2 Å². The molecular weight excluding hydrogens is 186 g/mol. The molecule has 0 spiro atoms. The number of carboxylic acids is 1. The maximum atomic E-state index is 10.5. The third kappa shape index (κ3) is 3.40. The van der Waals surface area contributed by atoms with Gasteiger partial charge >= 0.3 is 5.97 Å². The van der Waals surface area contributed by atoms with E-state index in [0.29, 0.717) is 17.4 Å². The first-order valence-corrected chi connectivity index (χ1v) is 5.39. The molecular formula is C9H15NO2S. The number of carbonyl (C=O) groups is 1. The molecule has 0 bridgehead atoms. The summed E-state index contributed by atoms with van der Waals surface area (Å²) in [6, 6.07) is 0. The molecule has 1 rings (SSSR count). The van der Waals surface area contributed by atoms with Gasteiger partial charge in [-0.1, -0.05) is 13.5 Å². The molecule has 1 saturated heterocycles. The minimum absolute atomic E-state index is 0.291. The topological polar surface area (TPSA) is 40.5 Å². The summed E-state index contributed by atoms with van der Waals surface area (Å²) in [5, 5.41) is 9.25. The first kappa shape index (κ1) is 10.6. The molecule has 1 fully saturated rings. The molecule has 1 aliphatic rings. The van der Waals surface area contributed by atoms with E-state index in [4.69, 9.17) is 5.11 Å². The fourth-order valence-corrected chi connectivity index (χ4v) is 2.45. The van der Waals surface area contributed by atoms with Crippen LogP contribution in [-0.2, 0) is 4.79 Å². The summed E-state index contributed by atoms with van der Waals surface area (Å²) in [6.45, 7) is 8.14. The normalized spacial score (nSPS) is 24.2. The minimum Gasteiger partial charge on any atom is -0.478 e. The highest BCUT2D eigenvalue weighted by Crippen LogP contribution is 2.18. The maximum Gasteiger partial charge on any atom is 0.332 e. The summed E-state index contributed by atoms with van der Waals surface area (Å²) < 4.78 is 0. The Morgan fingerprint density at radius 1 is 1.77 bits per heavy atom. The van der Waals surface area contributed by atoms with Crippen LogP contribution in [0.2, 0.25) is 0 Å². The summed E-state index contributed by atoms with van der Waals surface area (Å²) in [4.78, 5) is 12.7. The Kier molecular flexibility index (Phi) is 3.81. The predicted molar refractivity (Wildman–Crippen MR) is 55.1 cm³/mol. The van der Waals surface area contributed by atoms with E-state index < -0.39 is 5.97 Å². The molecule has 4 heteroatoms. The summed E-state index contributed by atoms with van der Waals surface area (Å²) in [5.74, 6) is 0.208. The van der Waals surface area contributed by atoms with Crippen LogP contribution in [0.3, 0.4) is 0 Å². The second-order valence-corrected chi connectivity index (χ2v) is 4.87. The number of hydrogen-bond acceptors (Lipinski definition) is 3. The van der Waals surface area contributed by atoms with E-state index in [1.807, 2.05) is 11.8 Å². The van der Waals surface area contributed by atoms with Crippen molar-refractivity contribution in [2.75, 3.05) is 25.4 Å². The van der Waals surface area contributed by atoms with Crippen LogP contribution in [0.5, 0.6) is 0 Å². The first-order chi connectivity index (χ1) is 6.09. The quantitative estimate of drug-likeness (QED) is 0.693. The van der Waals surface area contributed by atoms with Gasteiger partial charge in [-0.3, -0.25) is 4.90 Å². The molecule has 1 atom stereocenters. The molecule has 1 heterocycles. The predicted octanol–water partition coefficient (Wildman–Crippen LogP) is 1.06. The zero-order valence-electron chi connectivity index (χ0n) is 7.82. The van der Waals surface area contributed by atoms with Gasteiger partial charge in [0.15, 0.2) is 0 Å². The van der Waals surface area contributed by atoms with Crippen LogP contribution in [0.1, 0.15) is 6.92 Å². The molecule has 13 heavy (non-hydrogen) atoms. The minimum atomic E-state index is -0.883. The number of nitrogens with zero attached hydrogens (tertiary/aromatic N) is 1. The molecule has 0 saturated carbocycles. The van der Waals surface area contributed by atoms with Crippen molar-refractivity contribution in [3.63, 3.8) is 0 Å².